The van der Waals surface area contributed by atoms with Crippen LogP contribution in [0.25, 0.3) is 10.9 Å². The Morgan fingerprint density at radius 3 is 2.54 bits per heavy atom. The minimum Gasteiger partial charge on any atom is -0.335 e. The van der Waals surface area contributed by atoms with Crippen molar-refractivity contribution >= 4 is 34.5 Å². The molecule has 0 radical (unpaired) electrons. The lowest BCUT2D eigenvalue weighted by Crippen LogP contribution is -2.44. The quantitative estimate of drug-likeness (QED) is 0.535. The fraction of sp³-hybridized carbons (Fsp3) is 0.158. The van der Waals surface area contributed by atoms with Crippen LogP contribution in [0.15, 0.2) is 59.5 Å². The fourth-order valence-corrected chi connectivity index (χ4v) is 3.36. The molecule has 134 valence electrons. The van der Waals surface area contributed by atoms with E-state index in [1.54, 1.807) is 18.2 Å². The van der Waals surface area contributed by atoms with E-state index in [2.05, 4.69) is 10.9 Å². The highest BCUT2D eigenvalue weighted by Crippen LogP contribution is 2.21. The largest absolute Gasteiger partial charge is 0.335 e. The first-order valence-electron chi connectivity index (χ1n) is 8.04. The van der Waals surface area contributed by atoms with Crippen LogP contribution in [-0.4, -0.2) is 22.1 Å². The first-order chi connectivity index (χ1) is 12.5. The molecule has 0 aliphatic rings. The monoisotopic (exact) mass is 371 g/mol. The van der Waals surface area contributed by atoms with E-state index in [1.165, 1.54) is 6.07 Å². The van der Waals surface area contributed by atoms with Crippen molar-refractivity contribution in [1.82, 2.24) is 15.4 Å². The number of nitrogens with one attached hydrogen (secondary N) is 2. The Kier molecular flexibility index (Phi) is 5.58. The maximum absolute atomic E-state index is 13.5. The number of amides is 2. The van der Waals surface area contributed by atoms with Crippen LogP contribution >= 0.6 is 11.8 Å². The topological polar surface area (TPSA) is 63.1 Å². The van der Waals surface area contributed by atoms with Crippen molar-refractivity contribution in [2.45, 2.75) is 18.4 Å². The lowest BCUT2D eigenvalue weighted by atomic mass is 10.2. The van der Waals surface area contributed by atoms with E-state index in [0.717, 1.165) is 28.4 Å². The summed E-state index contributed by atoms with van der Waals surface area (Å²) in [5.41, 5.74) is 6.67. The highest BCUT2D eigenvalue weighted by Gasteiger charge is 2.11. The van der Waals surface area contributed by atoms with Crippen molar-refractivity contribution in [3.63, 3.8) is 0 Å². The summed E-state index contributed by atoms with van der Waals surface area (Å²) in [4.78, 5) is 24.4. The van der Waals surface area contributed by atoms with Crippen LogP contribution in [0.4, 0.5) is 4.39 Å². The van der Waals surface area contributed by atoms with Crippen molar-refractivity contribution in [2.75, 3.05) is 5.75 Å². The number of hydrogen-bond acceptors (Lipinski definition) is 3. The molecule has 1 heterocycles. The van der Waals surface area contributed by atoms with Gasteiger partial charge < -0.3 is 4.57 Å². The molecule has 0 bridgehead atoms. The van der Waals surface area contributed by atoms with Gasteiger partial charge in [0, 0.05) is 16.1 Å². The third kappa shape index (κ3) is 4.23. The lowest BCUT2D eigenvalue weighted by molar-refractivity contribution is -0.128. The molecule has 0 saturated heterocycles. The highest BCUT2D eigenvalue weighted by molar-refractivity contribution is 8.00. The Balaban J connectivity index is 1.51. The van der Waals surface area contributed by atoms with Crippen molar-refractivity contribution < 1.29 is 14.0 Å². The van der Waals surface area contributed by atoms with E-state index in [-0.39, 0.29) is 24.0 Å². The molecule has 1 aromatic heterocycles. The van der Waals surface area contributed by atoms with Crippen LogP contribution in [0.3, 0.4) is 0 Å². The van der Waals surface area contributed by atoms with Gasteiger partial charge in [-0.15, -0.1) is 11.8 Å². The predicted molar refractivity (Wildman–Crippen MR) is 100 cm³/mol. The number of aromatic nitrogens is 1. The summed E-state index contributed by atoms with van der Waals surface area (Å²) in [7, 11) is 0. The SMILES string of the molecule is Cc1cc2ccccc2n1CC(=O)NNC(=O)CSc1ccccc1F. The second kappa shape index (κ2) is 8.05. The van der Waals surface area contributed by atoms with Gasteiger partial charge in [0.25, 0.3) is 5.91 Å². The summed E-state index contributed by atoms with van der Waals surface area (Å²) >= 11 is 1.07. The Bertz CT molecular complexity index is 955. The van der Waals surface area contributed by atoms with Crippen LogP contribution in [0.5, 0.6) is 0 Å². The van der Waals surface area contributed by atoms with Gasteiger partial charge >= 0.3 is 0 Å². The smallest absolute Gasteiger partial charge is 0.258 e. The number of hydrazine groups is 1. The number of benzene rings is 2. The van der Waals surface area contributed by atoms with Crippen LogP contribution in [0, 0.1) is 12.7 Å². The predicted octanol–water partition coefficient (Wildman–Crippen LogP) is 3.03. The Morgan fingerprint density at radius 2 is 1.73 bits per heavy atom. The Labute approximate surface area is 154 Å². The molecular weight excluding hydrogens is 353 g/mol. The molecule has 2 aromatic carbocycles. The van der Waals surface area contributed by atoms with Crippen molar-refractivity contribution in [3.05, 3.63) is 66.1 Å². The molecule has 2 amide bonds. The number of carbonyl (C=O) groups excluding carboxylic acids is 2. The average Bonchev–Trinajstić information content (AvgIpc) is 2.95. The number of carbonyl (C=O) groups is 2. The van der Waals surface area contributed by atoms with E-state index < -0.39 is 5.91 Å². The van der Waals surface area contributed by atoms with Crippen LogP contribution in [-0.2, 0) is 16.1 Å². The molecule has 0 fully saturated rings. The van der Waals surface area contributed by atoms with E-state index in [4.69, 9.17) is 0 Å². The van der Waals surface area contributed by atoms with E-state index in [1.807, 2.05) is 41.8 Å². The van der Waals surface area contributed by atoms with Crippen molar-refractivity contribution in [1.29, 1.82) is 0 Å². The minimum atomic E-state index is -0.402. The Hall–Kier alpha value is -2.80. The van der Waals surface area contributed by atoms with E-state index >= 15 is 0 Å². The summed E-state index contributed by atoms with van der Waals surface area (Å²) in [6, 6.07) is 16.0. The third-order valence-corrected chi connectivity index (χ3v) is 4.90. The zero-order valence-electron chi connectivity index (χ0n) is 14.2. The zero-order chi connectivity index (χ0) is 18.5. The normalized spacial score (nSPS) is 10.7. The summed E-state index contributed by atoms with van der Waals surface area (Å²) in [6.07, 6.45) is 0. The third-order valence-electron chi connectivity index (χ3n) is 3.86. The summed E-state index contributed by atoms with van der Waals surface area (Å²) in [5.74, 6) is -1.10. The molecule has 2 N–H and O–H groups in total. The number of para-hydroxylation sites is 1. The van der Waals surface area contributed by atoms with Gasteiger partial charge in [-0.2, -0.15) is 0 Å². The van der Waals surface area contributed by atoms with E-state index in [0.29, 0.717) is 4.90 Å². The molecule has 0 aliphatic heterocycles. The zero-order valence-corrected chi connectivity index (χ0v) is 15.0. The van der Waals surface area contributed by atoms with Gasteiger partial charge in [0.15, 0.2) is 0 Å². The molecule has 0 atom stereocenters. The number of rotatable bonds is 5. The number of aryl methyl sites for hydroxylation is 1. The molecule has 0 saturated carbocycles. The number of nitrogens with zero attached hydrogens (tertiary/aromatic N) is 1. The molecule has 26 heavy (non-hydrogen) atoms. The van der Waals surface area contributed by atoms with Gasteiger partial charge in [0.1, 0.15) is 12.4 Å². The standard InChI is InChI=1S/C19H18FN3O2S/c1-13-10-14-6-2-4-8-16(14)23(13)11-18(24)21-22-19(25)12-26-17-9-5-3-7-15(17)20/h2-10H,11-12H2,1H3,(H,21,24)(H,22,25). The number of fused-ring (bicyclic) bond motifs is 1. The lowest BCUT2D eigenvalue weighted by Gasteiger charge is -2.10. The van der Waals surface area contributed by atoms with Gasteiger partial charge in [-0.3, -0.25) is 20.4 Å². The molecular formula is C19H18FN3O2S. The number of thioether (sulfide) groups is 1. The molecule has 0 spiro atoms. The Morgan fingerprint density at radius 1 is 1.04 bits per heavy atom. The summed E-state index contributed by atoms with van der Waals surface area (Å²) in [6.45, 7) is 2.02. The van der Waals surface area contributed by atoms with E-state index in [9.17, 15) is 14.0 Å². The molecule has 7 heteroatoms. The van der Waals surface area contributed by atoms with Gasteiger partial charge in [-0.1, -0.05) is 30.3 Å². The first kappa shape index (κ1) is 18.0. The van der Waals surface area contributed by atoms with Gasteiger partial charge in [0.2, 0.25) is 5.91 Å². The minimum absolute atomic E-state index is 0.00664. The second-order valence-electron chi connectivity index (χ2n) is 5.75. The maximum Gasteiger partial charge on any atom is 0.258 e. The summed E-state index contributed by atoms with van der Waals surface area (Å²) < 4.78 is 15.4. The summed E-state index contributed by atoms with van der Waals surface area (Å²) in [5, 5.41) is 1.06. The van der Waals surface area contributed by atoms with Gasteiger partial charge in [-0.25, -0.2) is 4.39 Å². The number of hydrogen-bond donors (Lipinski definition) is 2. The second-order valence-corrected chi connectivity index (χ2v) is 6.76. The van der Waals surface area contributed by atoms with Crippen molar-refractivity contribution in [3.8, 4) is 0 Å². The van der Waals surface area contributed by atoms with Crippen LogP contribution < -0.4 is 10.9 Å². The average molecular weight is 371 g/mol. The fourth-order valence-electron chi connectivity index (χ4n) is 2.62. The van der Waals surface area contributed by atoms with Crippen LogP contribution in [0.2, 0.25) is 0 Å². The number of halogens is 1. The van der Waals surface area contributed by atoms with Gasteiger partial charge in [-0.05, 0) is 36.6 Å². The van der Waals surface area contributed by atoms with Crippen molar-refractivity contribution in [2.24, 2.45) is 0 Å². The highest BCUT2D eigenvalue weighted by atomic mass is 32.2. The van der Waals surface area contributed by atoms with Gasteiger partial charge in [0.05, 0.1) is 5.75 Å². The molecule has 0 unspecified atom stereocenters. The molecule has 3 aromatic rings. The first-order valence-corrected chi connectivity index (χ1v) is 9.03. The molecule has 0 aliphatic carbocycles. The molecule has 5 nitrogen and oxygen atoms in total. The van der Waals surface area contributed by atoms with Crippen LogP contribution in [0.1, 0.15) is 5.69 Å². The maximum atomic E-state index is 13.5. The molecule has 3 rings (SSSR count).